The molecule has 0 atom stereocenters. The number of benzene rings is 1. The van der Waals surface area contributed by atoms with E-state index in [-0.39, 0.29) is 0 Å². The molecule has 0 aliphatic carbocycles. The molecule has 2 rings (SSSR count). The molecule has 0 unspecified atom stereocenters. The fourth-order valence-corrected chi connectivity index (χ4v) is 3.52. The van der Waals surface area contributed by atoms with Gasteiger partial charge in [-0.05, 0) is 31.0 Å². The fourth-order valence-electron chi connectivity index (χ4n) is 2.65. The van der Waals surface area contributed by atoms with Crippen molar-refractivity contribution in [3.8, 4) is 17.2 Å². The highest BCUT2D eigenvalue weighted by Gasteiger charge is 2.13. The van der Waals surface area contributed by atoms with E-state index in [1.54, 1.807) is 32.7 Å². The van der Waals surface area contributed by atoms with Crippen LogP contribution in [0.5, 0.6) is 17.2 Å². The summed E-state index contributed by atoms with van der Waals surface area (Å²) in [5.74, 6) is 2.60. The molecule has 0 fully saturated rings. The summed E-state index contributed by atoms with van der Waals surface area (Å²) in [6, 6.07) is 3.83. The maximum atomic E-state index is 5.41. The van der Waals surface area contributed by atoms with Crippen LogP contribution < -0.4 is 24.8 Å². The maximum Gasteiger partial charge on any atom is 0.203 e. The number of methoxy groups -OCH3 is 3. The van der Waals surface area contributed by atoms with Crippen LogP contribution in [0.15, 0.2) is 23.3 Å². The minimum atomic E-state index is 0.489. The molecule has 7 nitrogen and oxygen atoms in total. The van der Waals surface area contributed by atoms with Crippen LogP contribution in [0.3, 0.4) is 0 Å². The first kappa shape index (κ1) is 21.8. The molecule has 0 aliphatic rings. The Hall–Kier alpha value is -2.48. The second-order valence-corrected chi connectivity index (χ2v) is 7.18. The first-order valence-corrected chi connectivity index (χ1v) is 10.2. The van der Waals surface area contributed by atoms with Gasteiger partial charge in [0, 0.05) is 30.6 Å². The van der Waals surface area contributed by atoms with Crippen molar-refractivity contribution in [1.82, 2.24) is 15.6 Å². The molecule has 8 heteroatoms. The molecular weight excluding hydrogens is 376 g/mol. The van der Waals surface area contributed by atoms with Gasteiger partial charge in [-0.1, -0.05) is 6.92 Å². The summed E-state index contributed by atoms with van der Waals surface area (Å²) in [7, 11) is 4.81. The van der Waals surface area contributed by atoms with E-state index in [1.165, 1.54) is 4.88 Å². The summed E-state index contributed by atoms with van der Waals surface area (Å²) >= 11 is 1.77. The van der Waals surface area contributed by atoms with Crippen LogP contribution in [0.4, 0.5) is 0 Å². The van der Waals surface area contributed by atoms with Gasteiger partial charge >= 0.3 is 0 Å². The van der Waals surface area contributed by atoms with Crippen molar-refractivity contribution >= 4 is 17.3 Å². The molecule has 0 amide bonds. The van der Waals surface area contributed by atoms with E-state index >= 15 is 0 Å². The molecule has 0 aliphatic heterocycles. The molecule has 154 valence electrons. The lowest BCUT2D eigenvalue weighted by atomic mass is 10.2. The van der Waals surface area contributed by atoms with E-state index in [1.807, 2.05) is 25.3 Å². The maximum absolute atomic E-state index is 5.41. The lowest BCUT2D eigenvalue weighted by molar-refractivity contribution is 0.324. The Morgan fingerprint density at radius 3 is 2.32 bits per heavy atom. The zero-order chi connectivity index (χ0) is 20.4. The third kappa shape index (κ3) is 6.02. The second kappa shape index (κ2) is 11.4. The zero-order valence-corrected chi connectivity index (χ0v) is 18.1. The largest absolute Gasteiger partial charge is 0.493 e. The van der Waals surface area contributed by atoms with E-state index in [2.05, 4.69) is 27.5 Å². The average Bonchev–Trinajstić information content (AvgIpc) is 3.19. The molecule has 2 N–H and O–H groups in total. The van der Waals surface area contributed by atoms with Crippen molar-refractivity contribution in [3.05, 3.63) is 33.8 Å². The van der Waals surface area contributed by atoms with Crippen LogP contribution in [0.2, 0.25) is 0 Å². The quantitative estimate of drug-likeness (QED) is 0.467. The van der Waals surface area contributed by atoms with Crippen LogP contribution in [-0.4, -0.2) is 45.4 Å². The number of rotatable bonds is 10. The number of ether oxygens (including phenoxy) is 3. The number of nitrogens with one attached hydrogen (secondary N) is 2. The van der Waals surface area contributed by atoms with Gasteiger partial charge in [-0.2, -0.15) is 0 Å². The number of hydrogen-bond donors (Lipinski definition) is 2. The monoisotopic (exact) mass is 406 g/mol. The van der Waals surface area contributed by atoms with E-state index in [0.29, 0.717) is 23.8 Å². The molecule has 28 heavy (non-hydrogen) atoms. The Morgan fingerprint density at radius 1 is 1.07 bits per heavy atom. The van der Waals surface area contributed by atoms with E-state index in [0.717, 1.165) is 42.5 Å². The highest BCUT2D eigenvalue weighted by atomic mass is 32.1. The number of nitrogens with zero attached hydrogens (tertiary/aromatic N) is 2. The van der Waals surface area contributed by atoms with Crippen LogP contribution >= 0.6 is 11.3 Å². The van der Waals surface area contributed by atoms with Gasteiger partial charge in [0.2, 0.25) is 5.75 Å². The van der Waals surface area contributed by atoms with Crippen LogP contribution in [-0.2, 0) is 19.4 Å². The van der Waals surface area contributed by atoms with Crippen molar-refractivity contribution in [2.45, 2.75) is 33.2 Å². The van der Waals surface area contributed by atoms with Gasteiger partial charge in [0.15, 0.2) is 17.5 Å². The Kier molecular flexibility index (Phi) is 8.87. The second-order valence-electron chi connectivity index (χ2n) is 5.98. The van der Waals surface area contributed by atoms with E-state index in [4.69, 9.17) is 14.2 Å². The molecule has 1 heterocycles. The molecular formula is C20H30N4O3S. The van der Waals surface area contributed by atoms with Crippen LogP contribution in [0.25, 0.3) is 0 Å². The lowest BCUT2D eigenvalue weighted by Crippen LogP contribution is -2.38. The summed E-state index contributed by atoms with van der Waals surface area (Å²) in [5.41, 5.74) is 0.971. The van der Waals surface area contributed by atoms with Crippen molar-refractivity contribution in [2.24, 2.45) is 4.99 Å². The Morgan fingerprint density at radius 2 is 1.79 bits per heavy atom. The van der Waals surface area contributed by atoms with Crippen molar-refractivity contribution < 1.29 is 14.2 Å². The highest BCUT2D eigenvalue weighted by molar-refractivity contribution is 7.11. The molecule has 1 aromatic carbocycles. The smallest absolute Gasteiger partial charge is 0.203 e. The highest BCUT2D eigenvalue weighted by Crippen LogP contribution is 2.38. The van der Waals surface area contributed by atoms with Gasteiger partial charge in [-0.25, -0.2) is 9.98 Å². The average molecular weight is 407 g/mol. The summed E-state index contributed by atoms with van der Waals surface area (Å²) < 4.78 is 16.2. The Bertz CT molecular complexity index is 752. The Labute approximate surface area is 171 Å². The van der Waals surface area contributed by atoms with Crippen LogP contribution in [0.1, 0.15) is 29.3 Å². The summed E-state index contributed by atoms with van der Waals surface area (Å²) in [5, 5.41) is 7.78. The molecule has 0 bridgehead atoms. The topological polar surface area (TPSA) is 77.0 Å². The molecule has 0 saturated heterocycles. The van der Waals surface area contributed by atoms with Crippen LogP contribution in [0, 0.1) is 0 Å². The Balaban J connectivity index is 2.03. The predicted octanol–water partition coefficient (Wildman–Crippen LogP) is 3.03. The van der Waals surface area contributed by atoms with Gasteiger partial charge in [0.1, 0.15) is 0 Å². The number of aromatic nitrogens is 1. The number of hydrogen-bond acceptors (Lipinski definition) is 6. The minimum Gasteiger partial charge on any atom is -0.493 e. The van der Waals surface area contributed by atoms with Gasteiger partial charge in [-0.15, -0.1) is 11.3 Å². The summed E-state index contributed by atoms with van der Waals surface area (Å²) in [4.78, 5) is 10.4. The number of aliphatic imine (C=N–C) groups is 1. The van der Waals surface area contributed by atoms with Gasteiger partial charge in [0.05, 0.1) is 32.9 Å². The third-order valence-electron chi connectivity index (χ3n) is 4.07. The third-order valence-corrected chi connectivity index (χ3v) is 5.27. The first-order chi connectivity index (χ1) is 13.6. The minimum absolute atomic E-state index is 0.489. The lowest BCUT2D eigenvalue weighted by Gasteiger charge is -2.14. The standard InChI is InChI=1S/C20H30N4O3S/c1-6-15-13-23-18(28-15)8-9-22-20(21-7-2)24-12-14-10-16(25-3)19(27-5)17(11-14)26-4/h10-11,13H,6-9,12H2,1-5H3,(H2,21,22,24). The van der Waals surface area contributed by atoms with Gasteiger partial charge in [0.25, 0.3) is 0 Å². The molecule has 0 radical (unpaired) electrons. The fraction of sp³-hybridized carbons (Fsp3) is 0.500. The number of aryl methyl sites for hydroxylation is 1. The van der Waals surface area contributed by atoms with Gasteiger partial charge in [-0.3, -0.25) is 0 Å². The van der Waals surface area contributed by atoms with E-state index in [9.17, 15) is 0 Å². The first-order valence-electron chi connectivity index (χ1n) is 9.39. The van der Waals surface area contributed by atoms with Gasteiger partial charge < -0.3 is 24.8 Å². The summed E-state index contributed by atoms with van der Waals surface area (Å²) in [6.45, 7) is 6.25. The number of guanidine groups is 1. The normalized spacial score (nSPS) is 11.2. The molecule has 0 spiro atoms. The zero-order valence-electron chi connectivity index (χ0n) is 17.3. The molecule has 0 saturated carbocycles. The van der Waals surface area contributed by atoms with Crippen molar-refractivity contribution in [2.75, 3.05) is 34.4 Å². The van der Waals surface area contributed by atoms with E-state index < -0.39 is 0 Å². The molecule has 1 aromatic heterocycles. The molecule has 2 aromatic rings. The van der Waals surface area contributed by atoms with Crippen molar-refractivity contribution in [3.63, 3.8) is 0 Å². The SMILES string of the molecule is CCNC(=NCc1cc(OC)c(OC)c(OC)c1)NCCc1ncc(CC)s1. The summed E-state index contributed by atoms with van der Waals surface area (Å²) in [6.07, 6.45) is 3.87. The predicted molar refractivity (Wildman–Crippen MR) is 114 cm³/mol. The number of thiazole rings is 1. The van der Waals surface area contributed by atoms with Crippen molar-refractivity contribution in [1.29, 1.82) is 0 Å².